The Balaban J connectivity index is 2.02. The summed E-state index contributed by atoms with van der Waals surface area (Å²) in [5.41, 5.74) is 2.67. The Morgan fingerprint density at radius 3 is 2.20 bits per heavy atom. The van der Waals surface area contributed by atoms with Gasteiger partial charge in [0.2, 0.25) is 11.7 Å². The maximum atomic E-state index is 13.8. The number of pyridine rings is 1. The van der Waals surface area contributed by atoms with Crippen molar-refractivity contribution < 1.29 is 28.9 Å². The Morgan fingerprint density at radius 1 is 1.00 bits per heavy atom. The number of nitrogens with zero attached hydrogens (tertiary/aromatic N) is 1. The third-order valence-electron chi connectivity index (χ3n) is 6.75. The van der Waals surface area contributed by atoms with Crippen LogP contribution in [0.4, 0.5) is 0 Å². The molecule has 9 heteroatoms. The average molecular weight is 551 g/mol. The molecule has 0 aliphatic carbocycles. The van der Waals surface area contributed by atoms with Crippen LogP contribution >= 0.6 is 0 Å². The first-order chi connectivity index (χ1) is 19.2. The van der Waals surface area contributed by atoms with Crippen LogP contribution in [-0.4, -0.2) is 42.9 Å². The van der Waals surface area contributed by atoms with Gasteiger partial charge >= 0.3 is 5.97 Å². The fourth-order valence-corrected chi connectivity index (χ4v) is 4.78. The molecular formula is C31H38N2O7. The van der Waals surface area contributed by atoms with Crippen LogP contribution < -0.4 is 25.1 Å². The van der Waals surface area contributed by atoms with Gasteiger partial charge < -0.3 is 29.2 Å². The molecule has 0 radical (unpaired) electrons. The Bertz CT molecular complexity index is 1340. The first-order valence-electron chi connectivity index (χ1n) is 13.3. The Labute approximate surface area is 234 Å². The molecule has 1 heterocycles. The molecule has 2 atom stereocenters. The first-order valence-corrected chi connectivity index (χ1v) is 13.3. The molecule has 0 saturated heterocycles. The number of methoxy groups -OCH3 is 3. The second-order valence-corrected chi connectivity index (χ2v) is 9.69. The van der Waals surface area contributed by atoms with Gasteiger partial charge in [-0.1, -0.05) is 50.1 Å². The second kappa shape index (κ2) is 14.2. The van der Waals surface area contributed by atoms with Crippen molar-refractivity contribution in [2.75, 3.05) is 21.3 Å². The molecule has 0 spiro atoms. The molecule has 2 aromatic carbocycles. The molecule has 0 fully saturated rings. The summed E-state index contributed by atoms with van der Waals surface area (Å²) in [4.78, 5) is 39.3. The van der Waals surface area contributed by atoms with Gasteiger partial charge in [-0.15, -0.1) is 0 Å². The van der Waals surface area contributed by atoms with E-state index in [1.807, 2.05) is 50.2 Å². The molecule has 3 aromatic rings. The first kappa shape index (κ1) is 30.3. The fraction of sp³-hybridized carbons (Fsp3) is 0.387. The highest BCUT2D eigenvalue weighted by Crippen LogP contribution is 2.40. The predicted molar refractivity (Wildman–Crippen MR) is 152 cm³/mol. The predicted octanol–water partition coefficient (Wildman–Crippen LogP) is 4.84. The number of benzene rings is 2. The number of ether oxygens (including phenoxy) is 3. The van der Waals surface area contributed by atoms with E-state index in [4.69, 9.17) is 14.2 Å². The van der Waals surface area contributed by atoms with Crippen molar-refractivity contribution in [1.82, 2.24) is 9.88 Å². The number of nitrogens with one attached hydrogen (secondary N) is 1. The number of aryl methyl sites for hydroxylation is 1. The minimum absolute atomic E-state index is 0.242. The van der Waals surface area contributed by atoms with E-state index in [1.54, 1.807) is 18.3 Å². The monoisotopic (exact) mass is 550 g/mol. The van der Waals surface area contributed by atoms with Gasteiger partial charge in [0.15, 0.2) is 11.5 Å². The number of aromatic nitrogens is 1. The van der Waals surface area contributed by atoms with Crippen LogP contribution in [0, 0.1) is 6.92 Å². The summed E-state index contributed by atoms with van der Waals surface area (Å²) in [5, 5.41) is 12.6. The lowest BCUT2D eigenvalue weighted by Gasteiger charge is -2.25. The highest BCUT2D eigenvalue weighted by molar-refractivity contribution is 5.81. The van der Waals surface area contributed by atoms with Crippen molar-refractivity contribution in [2.45, 2.75) is 58.0 Å². The minimum Gasteiger partial charge on any atom is -0.493 e. The number of carboxylic acid groups (broad SMARTS) is 1. The van der Waals surface area contributed by atoms with E-state index in [0.29, 0.717) is 47.6 Å². The third kappa shape index (κ3) is 7.43. The second-order valence-electron chi connectivity index (χ2n) is 9.69. The van der Waals surface area contributed by atoms with Crippen LogP contribution in [0.3, 0.4) is 0 Å². The zero-order valence-corrected chi connectivity index (χ0v) is 23.7. The number of hydrogen-bond donors (Lipinski definition) is 2. The average Bonchev–Trinajstić information content (AvgIpc) is 2.94. The number of carbonyl (C=O) groups is 2. The van der Waals surface area contributed by atoms with E-state index < -0.39 is 24.0 Å². The largest absolute Gasteiger partial charge is 0.493 e. The van der Waals surface area contributed by atoms with Crippen molar-refractivity contribution in [1.29, 1.82) is 0 Å². The van der Waals surface area contributed by atoms with E-state index >= 15 is 0 Å². The standard InChI is InChI=1S/C31H38N2O7/c1-6-7-13-25(33-19-20(2)14-23(31(33)37)15-21-11-9-8-10-12-21)30(36)32-24(18-28(34)35)22-16-26(38-3)29(40-5)27(17-22)39-4/h8-12,14,16-17,19,24-25H,6-7,13,15,18H2,1-5H3,(H,32,36)(H,34,35)/t24-,25?/m0/s1. The van der Waals surface area contributed by atoms with Crippen LogP contribution in [0.15, 0.2) is 59.5 Å². The molecule has 1 amide bonds. The van der Waals surface area contributed by atoms with Crippen LogP contribution in [0.5, 0.6) is 17.2 Å². The Morgan fingerprint density at radius 2 is 1.65 bits per heavy atom. The number of carboxylic acids is 1. The van der Waals surface area contributed by atoms with Gasteiger partial charge in [0.1, 0.15) is 6.04 Å². The Kier molecular flexibility index (Phi) is 10.8. The lowest BCUT2D eigenvalue weighted by atomic mass is 10.00. The smallest absolute Gasteiger partial charge is 0.305 e. The van der Waals surface area contributed by atoms with Crippen molar-refractivity contribution in [2.24, 2.45) is 0 Å². The van der Waals surface area contributed by atoms with Crippen LogP contribution in [-0.2, 0) is 16.0 Å². The number of aliphatic carboxylic acids is 1. The topological polar surface area (TPSA) is 116 Å². The summed E-state index contributed by atoms with van der Waals surface area (Å²) in [6, 6.07) is 13.0. The van der Waals surface area contributed by atoms with Gasteiger partial charge in [-0.2, -0.15) is 0 Å². The van der Waals surface area contributed by atoms with Crippen LogP contribution in [0.1, 0.15) is 66.9 Å². The van der Waals surface area contributed by atoms with Gasteiger partial charge in [0.05, 0.1) is 33.8 Å². The van der Waals surface area contributed by atoms with Gasteiger partial charge in [-0.05, 0) is 48.2 Å². The number of unbranched alkanes of at least 4 members (excludes halogenated alkanes) is 1. The van der Waals surface area contributed by atoms with Gasteiger partial charge in [-0.3, -0.25) is 14.4 Å². The van der Waals surface area contributed by atoms with Crippen LogP contribution in [0.2, 0.25) is 0 Å². The van der Waals surface area contributed by atoms with Crippen molar-refractivity contribution in [3.05, 3.63) is 87.3 Å². The molecule has 3 rings (SSSR count). The van der Waals surface area contributed by atoms with E-state index in [9.17, 15) is 19.5 Å². The van der Waals surface area contributed by atoms with Crippen molar-refractivity contribution >= 4 is 11.9 Å². The minimum atomic E-state index is -1.10. The molecule has 9 nitrogen and oxygen atoms in total. The number of carbonyl (C=O) groups excluding carboxylic acids is 1. The fourth-order valence-electron chi connectivity index (χ4n) is 4.78. The molecule has 40 heavy (non-hydrogen) atoms. The maximum absolute atomic E-state index is 13.8. The molecular weight excluding hydrogens is 512 g/mol. The molecule has 1 aromatic heterocycles. The highest BCUT2D eigenvalue weighted by atomic mass is 16.5. The van der Waals surface area contributed by atoms with Gasteiger partial charge in [0.25, 0.3) is 5.56 Å². The lowest BCUT2D eigenvalue weighted by Crippen LogP contribution is -2.40. The van der Waals surface area contributed by atoms with Gasteiger partial charge in [-0.25, -0.2) is 0 Å². The third-order valence-corrected chi connectivity index (χ3v) is 6.75. The van der Waals surface area contributed by atoms with Crippen molar-refractivity contribution in [3.63, 3.8) is 0 Å². The molecule has 0 aliphatic rings. The number of amides is 1. The molecule has 0 bridgehead atoms. The summed E-state index contributed by atoms with van der Waals surface area (Å²) >= 11 is 0. The normalized spacial score (nSPS) is 12.3. The molecule has 0 aliphatic heterocycles. The summed E-state index contributed by atoms with van der Waals surface area (Å²) in [6.45, 7) is 3.90. The summed E-state index contributed by atoms with van der Waals surface area (Å²) in [7, 11) is 4.40. The van der Waals surface area contributed by atoms with Crippen LogP contribution in [0.25, 0.3) is 0 Å². The lowest BCUT2D eigenvalue weighted by molar-refractivity contribution is -0.138. The van der Waals surface area contributed by atoms with E-state index in [0.717, 1.165) is 17.5 Å². The quantitative estimate of drug-likeness (QED) is 0.295. The maximum Gasteiger partial charge on any atom is 0.305 e. The molecule has 2 N–H and O–H groups in total. The zero-order chi connectivity index (χ0) is 29.2. The highest BCUT2D eigenvalue weighted by Gasteiger charge is 2.28. The number of hydrogen-bond acceptors (Lipinski definition) is 6. The van der Waals surface area contributed by atoms with Crippen molar-refractivity contribution in [3.8, 4) is 17.2 Å². The van der Waals surface area contributed by atoms with E-state index in [-0.39, 0.29) is 12.0 Å². The summed E-state index contributed by atoms with van der Waals surface area (Å²) in [5.74, 6) is -0.505. The molecule has 214 valence electrons. The molecule has 1 unspecified atom stereocenters. The summed E-state index contributed by atoms with van der Waals surface area (Å²) in [6.07, 6.45) is 3.71. The SMILES string of the molecule is CCCCC(C(=O)N[C@@H](CC(=O)O)c1cc(OC)c(OC)c(OC)c1)n1cc(C)cc(Cc2ccccc2)c1=O. The Hall–Kier alpha value is -4.27. The zero-order valence-electron chi connectivity index (χ0n) is 23.7. The van der Waals surface area contributed by atoms with E-state index in [1.165, 1.54) is 25.9 Å². The van der Waals surface area contributed by atoms with Gasteiger partial charge in [0, 0.05) is 18.2 Å². The summed E-state index contributed by atoms with van der Waals surface area (Å²) < 4.78 is 17.7. The van der Waals surface area contributed by atoms with E-state index in [2.05, 4.69) is 5.32 Å². The number of rotatable bonds is 14. The molecule has 0 saturated carbocycles.